The minimum atomic E-state index is -1.63. The molecule has 1 aliphatic heterocycles. The van der Waals surface area contributed by atoms with Crippen molar-refractivity contribution in [2.45, 2.75) is 24.9 Å². The van der Waals surface area contributed by atoms with Gasteiger partial charge in [0.05, 0.1) is 12.7 Å². The standard InChI is InChI=1S/C16H18ClFN2O5/c1-25-13-5-4-9(17)7-10(13)15(22)20-6-2-3-12(20)14(21)19-11(8-18)16(23)24/h4-5,7,11-12H,2-3,6,8H2,1H3,(H,19,21)(H,23,24). The lowest BCUT2D eigenvalue weighted by atomic mass is 10.1. The van der Waals surface area contributed by atoms with Crippen LogP contribution < -0.4 is 10.1 Å². The van der Waals surface area contributed by atoms with Crippen molar-refractivity contribution in [3.05, 3.63) is 28.8 Å². The number of hydrogen-bond donors (Lipinski definition) is 2. The molecule has 9 heteroatoms. The number of nitrogens with zero attached hydrogens (tertiary/aromatic N) is 1. The SMILES string of the molecule is COc1ccc(Cl)cc1C(=O)N1CCCC1C(=O)NC(CF)C(=O)O. The predicted octanol–water partition coefficient (Wildman–Crippen LogP) is 1.49. The summed E-state index contributed by atoms with van der Waals surface area (Å²) in [5, 5.41) is 11.3. The molecule has 1 aromatic rings. The molecule has 25 heavy (non-hydrogen) atoms. The van der Waals surface area contributed by atoms with E-state index < -0.39 is 36.5 Å². The van der Waals surface area contributed by atoms with E-state index in [1.54, 1.807) is 12.1 Å². The maximum absolute atomic E-state index is 12.8. The number of nitrogens with one attached hydrogen (secondary N) is 1. The summed E-state index contributed by atoms with van der Waals surface area (Å²) in [7, 11) is 1.41. The molecule has 1 aliphatic rings. The fourth-order valence-corrected chi connectivity index (χ4v) is 2.89. The van der Waals surface area contributed by atoms with Gasteiger partial charge in [0.1, 0.15) is 18.5 Å². The Kier molecular flexibility index (Phi) is 6.19. The zero-order valence-corrected chi connectivity index (χ0v) is 14.3. The van der Waals surface area contributed by atoms with Crippen LogP contribution in [0.15, 0.2) is 18.2 Å². The van der Waals surface area contributed by atoms with Crippen LogP contribution in [0.2, 0.25) is 5.02 Å². The molecule has 0 spiro atoms. The number of carboxylic acids is 1. The van der Waals surface area contributed by atoms with Crippen LogP contribution in [0.3, 0.4) is 0 Å². The van der Waals surface area contributed by atoms with Crippen LogP contribution in [-0.4, -0.2) is 60.2 Å². The van der Waals surface area contributed by atoms with Crippen molar-refractivity contribution in [2.24, 2.45) is 0 Å². The van der Waals surface area contributed by atoms with E-state index in [1.165, 1.54) is 18.1 Å². The first-order valence-corrected chi connectivity index (χ1v) is 8.00. The van der Waals surface area contributed by atoms with Crippen molar-refractivity contribution in [1.29, 1.82) is 0 Å². The summed E-state index contributed by atoms with van der Waals surface area (Å²) in [4.78, 5) is 37.3. The highest BCUT2D eigenvalue weighted by molar-refractivity contribution is 6.31. The first kappa shape index (κ1) is 19.0. The first-order valence-electron chi connectivity index (χ1n) is 7.62. The molecule has 0 radical (unpaired) electrons. The number of ether oxygens (including phenoxy) is 1. The minimum absolute atomic E-state index is 0.204. The van der Waals surface area contributed by atoms with E-state index in [0.717, 1.165) is 0 Å². The fourth-order valence-electron chi connectivity index (χ4n) is 2.72. The number of alkyl halides is 1. The van der Waals surface area contributed by atoms with Crippen LogP contribution in [0.5, 0.6) is 5.75 Å². The maximum Gasteiger partial charge on any atom is 0.328 e. The normalized spacial score (nSPS) is 17.9. The molecular weight excluding hydrogens is 355 g/mol. The van der Waals surface area contributed by atoms with Crippen LogP contribution in [0.25, 0.3) is 0 Å². The number of hydrogen-bond acceptors (Lipinski definition) is 4. The number of carboxylic acid groups (broad SMARTS) is 1. The number of carbonyl (C=O) groups excluding carboxylic acids is 2. The van der Waals surface area contributed by atoms with E-state index in [2.05, 4.69) is 5.32 Å². The highest BCUT2D eigenvalue weighted by Crippen LogP contribution is 2.27. The third-order valence-electron chi connectivity index (χ3n) is 3.98. The highest BCUT2D eigenvalue weighted by Gasteiger charge is 2.37. The summed E-state index contributed by atoms with van der Waals surface area (Å²) in [6, 6.07) is 2.06. The Labute approximate surface area is 148 Å². The summed E-state index contributed by atoms with van der Waals surface area (Å²) in [5.41, 5.74) is 0.204. The van der Waals surface area contributed by atoms with Gasteiger partial charge in [-0.15, -0.1) is 0 Å². The van der Waals surface area contributed by atoms with Crippen LogP contribution in [0.4, 0.5) is 4.39 Å². The number of halogens is 2. The average molecular weight is 373 g/mol. The molecule has 0 bridgehead atoms. The van der Waals surface area contributed by atoms with Gasteiger partial charge in [0.25, 0.3) is 5.91 Å². The lowest BCUT2D eigenvalue weighted by Gasteiger charge is -2.25. The number of amides is 2. The Morgan fingerprint density at radius 1 is 1.48 bits per heavy atom. The zero-order chi connectivity index (χ0) is 18.6. The van der Waals surface area contributed by atoms with Crippen molar-refractivity contribution in [3.63, 3.8) is 0 Å². The summed E-state index contributed by atoms with van der Waals surface area (Å²) in [5.74, 6) is -2.31. The quantitative estimate of drug-likeness (QED) is 0.788. The van der Waals surface area contributed by atoms with Gasteiger partial charge in [0.2, 0.25) is 5.91 Å². The largest absolute Gasteiger partial charge is 0.496 e. The second kappa shape index (κ2) is 8.15. The second-order valence-electron chi connectivity index (χ2n) is 5.55. The molecule has 1 aromatic carbocycles. The Hall–Kier alpha value is -2.35. The topological polar surface area (TPSA) is 95.9 Å². The third-order valence-corrected chi connectivity index (χ3v) is 4.21. The van der Waals surface area contributed by atoms with Gasteiger partial charge in [-0.05, 0) is 31.0 Å². The van der Waals surface area contributed by atoms with Gasteiger partial charge >= 0.3 is 5.97 Å². The lowest BCUT2D eigenvalue weighted by Crippen LogP contribution is -2.51. The molecule has 2 N–H and O–H groups in total. The molecule has 0 aromatic heterocycles. The third kappa shape index (κ3) is 4.19. The molecule has 1 heterocycles. The molecule has 2 amide bonds. The number of carbonyl (C=O) groups is 3. The highest BCUT2D eigenvalue weighted by atomic mass is 35.5. The zero-order valence-electron chi connectivity index (χ0n) is 13.5. The summed E-state index contributed by atoms with van der Waals surface area (Å²) >= 11 is 5.93. The van der Waals surface area contributed by atoms with Crippen molar-refractivity contribution in [1.82, 2.24) is 10.2 Å². The number of methoxy groups -OCH3 is 1. The van der Waals surface area contributed by atoms with E-state index in [4.69, 9.17) is 21.4 Å². The molecule has 136 valence electrons. The van der Waals surface area contributed by atoms with Crippen LogP contribution in [-0.2, 0) is 9.59 Å². The summed E-state index contributed by atoms with van der Waals surface area (Å²) in [6.45, 7) is -0.913. The van der Waals surface area contributed by atoms with Crippen LogP contribution in [0.1, 0.15) is 23.2 Å². The van der Waals surface area contributed by atoms with Crippen molar-refractivity contribution < 1.29 is 28.6 Å². The number of benzene rings is 1. The monoisotopic (exact) mass is 372 g/mol. The Bertz CT molecular complexity index is 684. The lowest BCUT2D eigenvalue weighted by molar-refractivity contribution is -0.142. The van der Waals surface area contributed by atoms with Crippen molar-refractivity contribution in [3.8, 4) is 5.75 Å². The molecule has 0 saturated carbocycles. The molecule has 2 atom stereocenters. The van der Waals surface area contributed by atoms with Gasteiger partial charge in [-0.1, -0.05) is 11.6 Å². The molecule has 7 nitrogen and oxygen atoms in total. The molecule has 0 aliphatic carbocycles. The number of likely N-dealkylation sites (tertiary alicyclic amines) is 1. The van der Waals surface area contributed by atoms with Gasteiger partial charge in [-0.2, -0.15) is 0 Å². The molecule has 1 saturated heterocycles. The van der Waals surface area contributed by atoms with E-state index >= 15 is 0 Å². The van der Waals surface area contributed by atoms with Crippen molar-refractivity contribution >= 4 is 29.4 Å². The first-order chi connectivity index (χ1) is 11.9. The fraction of sp³-hybridized carbons (Fsp3) is 0.438. The number of aliphatic carboxylic acids is 1. The van der Waals surface area contributed by atoms with Crippen LogP contribution >= 0.6 is 11.6 Å². The van der Waals surface area contributed by atoms with E-state index in [0.29, 0.717) is 30.2 Å². The average Bonchev–Trinajstić information content (AvgIpc) is 3.08. The van der Waals surface area contributed by atoms with Gasteiger partial charge in [0, 0.05) is 11.6 Å². The smallest absolute Gasteiger partial charge is 0.328 e. The maximum atomic E-state index is 12.8. The van der Waals surface area contributed by atoms with E-state index in [9.17, 15) is 18.8 Å². The molecule has 2 unspecified atom stereocenters. The van der Waals surface area contributed by atoms with Gasteiger partial charge in [-0.3, -0.25) is 9.59 Å². The van der Waals surface area contributed by atoms with Crippen molar-refractivity contribution in [2.75, 3.05) is 20.3 Å². The Morgan fingerprint density at radius 3 is 2.80 bits per heavy atom. The number of rotatable bonds is 6. The molecular formula is C16H18ClFN2O5. The molecule has 2 rings (SSSR count). The molecule has 1 fully saturated rings. The van der Waals surface area contributed by atoms with E-state index in [1.807, 2.05) is 0 Å². The van der Waals surface area contributed by atoms with Gasteiger partial charge < -0.3 is 20.1 Å². The second-order valence-corrected chi connectivity index (χ2v) is 5.99. The predicted molar refractivity (Wildman–Crippen MR) is 87.6 cm³/mol. The minimum Gasteiger partial charge on any atom is -0.496 e. The van der Waals surface area contributed by atoms with Gasteiger partial charge in [0.15, 0.2) is 6.04 Å². The van der Waals surface area contributed by atoms with Gasteiger partial charge in [-0.25, -0.2) is 9.18 Å². The van der Waals surface area contributed by atoms with E-state index in [-0.39, 0.29) is 5.56 Å². The Morgan fingerprint density at radius 2 is 2.20 bits per heavy atom. The Balaban J connectivity index is 2.21. The summed E-state index contributed by atoms with van der Waals surface area (Å²) < 4.78 is 17.9. The summed E-state index contributed by atoms with van der Waals surface area (Å²) in [6.07, 6.45) is 0.930. The van der Waals surface area contributed by atoms with Crippen LogP contribution in [0, 0.1) is 0 Å².